The van der Waals surface area contributed by atoms with Gasteiger partial charge in [-0.25, -0.2) is 13.1 Å². The second kappa shape index (κ2) is 7.99. The van der Waals surface area contributed by atoms with E-state index in [2.05, 4.69) is 10.0 Å². The molecule has 1 amide bonds. The van der Waals surface area contributed by atoms with Crippen LogP contribution < -0.4 is 14.8 Å². The van der Waals surface area contributed by atoms with Crippen molar-refractivity contribution in [3.8, 4) is 5.75 Å². The van der Waals surface area contributed by atoms with E-state index in [-0.39, 0.29) is 29.8 Å². The SMILES string of the molecule is COc1ccc(S(=O)(=O)NCCNC(=O)CC(C)C)cc1. The number of carbonyl (C=O) groups is 1. The molecule has 0 atom stereocenters. The van der Waals surface area contributed by atoms with Gasteiger partial charge >= 0.3 is 0 Å². The molecule has 0 radical (unpaired) electrons. The third-order valence-corrected chi connectivity index (χ3v) is 4.18. The summed E-state index contributed by atoms with van der Waals surface area (Å²) >= 11 is 0. The molecule has 118 valence electrons. The summed E-state index contributed by atoms with van der Waals surface area (Å²) in [6.45, 7) is 4.32. The van der Waals surface area contributed by atoms with Crippen LogP contribution in [0.1, 0.15) is 20.3 Å². The molecule has 21 heavy (non-hydrogen) atoms. The quantitative estimate of drug-likeness (QED) is 0.705. The molecule has 0 heterocycles. The van der Waals surface area contributed by atoms with Crippen LogP contribution in [-0.4, -0.2) is 34.5 Å². The summed E-state index contributed by atoms with van der Waals surface area (Å²) in [7, 11) is -2.05. The Morgan fingerprint density at radius 2 is 1.81 bits per heavy atom. The minimum atomic E-state index is -3.56. The number of rotatable bonds is 8. The molecular formula is C14H22N2O4S. The lowest BCUT2D eigenvalue weighted by Gasteiger charge is -2.09. The molecule has 0 spiro atoms. The molecule has 0 saturated heterocycles. The number of sulfonamides is 1. The Kier molecular flexibility index (Phi) is 6.64. The average Bonchev–Trinajstić information content (AvgIpc) is 2.43. The molecule has 0 bridgehead atoms. The lowest BCUT2D eigenvalue weighted by Crippen LogP contribution is -2.35. The van der Waals surface area contributed by atoms with E-state index in [0.29, 0.717) is 12.2 Å². The maximum atomic E-state index is 12.0. The zero-order valence-corrected chi connectivity index (χ0v) is 13.4. The first-order valence-electron chi connectivity index (χ1n) is 6.75. The average molecular weight is 314 g/mol. The molecule has 0 unspecified atom stereocenters. The van der Waals surface area contributed by atoms with Gasteiger partial charge in [0.1, 0.15) is 5.75 Å². The van der Waals surface area contributed by atoms with E-state index in [1.54, 1.807) is 12.1 Å². The molecule has 0 saturated carbocycles. The summed E-state index contributed by atoms with van der Waals surface area (Å²) in [4.78, 5) is 11.6. The Bertz CT molecular complexity index is 553. The van der Waals surface area contributed by atoms with Crippen LogP contribution in [0, 0.1) is 5.92 Å². The Labute approximate surface area is 125 Å². The number of benzene rings is 1. The van der Waals surface area contributed by atoms with Gasteiger partial charge < -0.3 is 10.1 Å². The van der Waals surface area contributed by atoms with Gasteiger partial charge in [0.2, 0.25) is 15.9 Å². The van der Waals surface area contributed by atoms with Crippen LogP contribution in [-0.2, 0) is 14.8 Å². The number of hydrogen-bond acceptors (Lipinski definition) is 4. The summed E-state index contributed by atoms with van der Waals surface area (Å²) < 4.78 is 31.4. The second-order valence-corrected chi connectivity index (χ2v) is 6.79. The van der Waals surface area contributed by atoms with Gasteiger partial charge in [0, 0.05) is 19.5 Å². The first kappa shape index (κ1) is 17.5. The monoisotopic (exact) mass is 314 g/mol. The van der Waals surface area contributed by atoms with Gasteiger partial charge in [-0.05, 0) is 30.2 Å². The van der Waals surface area contributed by atoms with E-state index in [1.807, 2.05) is 13.8 Å². The van der Waals surface area contributed by atoms with Crippen molar-refractivity contribution in [2.24, 2.45) is 5.92 Å². The van der Waals surface area contributed by atoms with Crippen molar-refractivity contribution in [2.45, 2.75) is 25.2 Å². The van der Waals surface area contributed by atoms with Gasteiger partial charge in [0.25, 0.3) is 0 Å². The Balaban J connectivity index is 2.44. The summed E-state index contributed by atoms with van der Waals surface area (Å²) in [6.07, 6.45) is 0.436. The molecule has 0 aromatic heterocycles. The third-order valence-electron chi connectivity index (χ3n) is 2.70. The molecule has 6 nitrogen and oxygen atoms in total. The normalized spacial score (nSPS) is 11.4. The van der Waals surface area contributed by atoms with Crippen LogP contribution in [0.5, 0.6) is 5.75 Å². The maximum Gasteiger partial charge on any atom is 0.240 e. The van der Waals surface area contributed by atoms with E-state index < -0.39 is 10.0 Å². The fraction of sp³-hybridized carbons (Fsp3) is 0.500. The van der Waals surface area contributed by atoms with Gasteiger partial charge in [-0.15, -0.1) is 0 Å². The van der Waals surface area contributed by atoms with Crippen LogP contribution in [0.4, 0.5) is 0 Å². The van der Waals surface area contributed by atoms with Crippen LogP contribution >= 0.6 is 0 Å². The van der Waals surface area contributed by atoms with E-state index in [1.165, 1.54) is 19.2 Å². The topological polar surface area (TPSA) is 84.5 Å². The molecule has 7 heteroatoms. The number of carbonyl (C=O) groups excluding carboxylic acids is 1. The van der Waals surface area contributed by atoms with Gasteiger partial charge in [-0.3, -0.25) is 4.79 Å². The summed E-state index contributed by atoms with van der Waals surface area (Å²) in [5, 5.41) is 2.67. The number of amides is 1. The van der Waals surface area contributed by atoms with Gasteiger partial charge in [-0.1, -0.05) is 13.8 Å². The van der Waals surface area contributed by atoms with E-state index in [0.717, 1.165) is 0 Å². The smallest absolute Gasteiger partial charge is 0.240 e. The van der Waals surface area contributed by atoms with Crippen LogP contribution in [0.25, 0.3) is 0 Å². The van der Waals surface area contributed by atoms with E-state index in [4.69, 9.17) is 4.74 Å². The number of hydrogen-bond donors (Lipinski definition) is 2. The van der Waals surface area contributed by atoms with Crippen LogP contribution in [0.3, 0.4) is 0 Å². The van der Waals surface area contributed by atoms with Gasteiger partial charge in [0.15, 0.2) is 0 Å². The minimum absolute atomic E-state index is 0.0753. The van der Waals surface area contributed by atoms with Crippen LogP contribution in [0.2, 0.25) is 0 Å². The van der Waals surface area contributed by atoms with Crippen molar-refractivity contribution in [2.75, 3.05) is 20.2 Å². The summed E-state index contributed by atoms with van der Waals surface area (Å²) in [5.41, 5.74) is 0. The fourth-order valence-electron chi connectivity index (χ4n) is 1.67. The maximum absolute atomic E-state index is 12.0. The largest absolute Gasteiger partial charge is 0.497 e. The molecule has 1 rings (SSSR count). The number of ether oxygens (including phenoxy) is 1. The summed E-state index contributed by atoms with van der Waals surface area (Å²) in [5.74, 6) is 0.796. The highest BCUT2D eigenvalue weighted by Crippen LogP contribution is 2.14. The van der Waals surface area contributed by atoms with Crippen molar-refractivity contribution in [1.29, 1.82) is 0 Å². The van der Waals surface area contributed by atoms with Crippen molar-refractivity contribution >= 4 is 15.9 Å². The fourth-order valence-corrected chi connectivity index (χ4v) is 2.70. The van der Waals surface area contributed by atoms with Crippen molar-refractivity contribution in [3.63, 3.8) is 0 Å². The van der Waals surface area contributed by atoms with Crippen molar-refractivity contribution in [3.05, 3.63) is 24.3 Å². The lowest BCUT2D eigenvalue weighted by molar-refractivity contribution is -0.121. The van der Waals surface area contributed by atoms with Crippen molar-refractivity contribution in [1.82, 2.24) is 10.0 Å². The lowest BCUT2D eigenvalue weighted by atomic mass is 10.1. The predicted molar refractivity (Wildman–Crippen MR) is 80.6 cm³/mol. The third kappa shape index (κ3) is 6.14. The zero-order chi connectivity index (χ0) is 15.9. The zero-order valence-electron chi connectivity index (χ0n) is 12.5. The highest BCUT2D eigenvalue weighted by molar-refractivity contribution is 7.89. The predicted octanol–water partition coefficient (Wildman–Crippen LogP) is 1.14. The molecule has 0 fully saturated rings. The minimum Gasteiger partial charge on any atom is -0.497 e. The standard InChI is InChI=1S/C14H22N2O4S/c1-11(2)10-14(17)15-8-9-16-21(18,19)13-6-4-12(20-3)5-7-13/h4-7,11,16H,8-10H2,1-3H3,(H,15,17). The summed E-state index contributed by atoms with van der Waals surface area (Å²) in [6, 6.07) is 6.11. The first-order chi connectivity index (χ1) is 9.85. The van der Waals surface area contributed by atoms with Crippen molar-refractivity contribution < 1.29 is 17.9 Å². The molecular weight excluding hydrogens is 292 g/mol. The van der Waals surface area contributed by atoms with Gasteiger partial charge in [0.05, 0.1) is 12.0 Å². The molecule has 0 aliphatic carbocycles. The number of methoxy groups -OCH3 is 1. The van der Waals surface area contributed by atoms with E-state index in [9.17, 15) is 13.2 Å². The second-order valence-electron chi connectivity index (χ2n) is 5.02. The Morgan fingerprint density at radius 3 is 2.33 bits per heavy atom. The number of nitrogens with one attached hydrogen (secondary N) is 2. The molecule has 1 aromatic rings. The molecule has 0 aliphatic heterocycles. The molecule has 1 aromatic carbocycles. The molecule has 2 N–H and O–H groups in total. The van der Waals surface area contributed by atoms with Gasteiger partial charge in [-0.2, -0.15) is 0 Å². The highest BCUT2D eigenvalue weighted by atomic mass is 32.2. The Morgan fingerprint density at radius 1 is 1.19 bits per heavy atom. The molecule has 0 aliphatic rings. The van der Waals surface area contributed by atoms with E-state index >= 15 is 0 Å². The highest BCUT2D eigenvalue weighted by Gasteiger charge is 2.13. The first-order valence-corrected chi connectivity index (χ1v) is 8.24. The Hall–Kier alpha value is -1.60. The van der Waals surface area contributed by atoms with Crippen LogP contribution in [0.15, 0.2) is 29.2 Å².